The molecule has 18 heavy (non-hydrogen) atoms. The molecule has 0 aliphatic carbocycles. The first kappa shape index (κ1) is 12.2. The van der Waals surface area contributed by atoms with Gasteiger partial charge in [-0.25, -0.2) is 0 Å². The molecule has 2 heterocycles. The topological polar surface area (TPSA) is 15.3 Å². The van der Waals surface area contributed by atoms with Crippen molar-refractivity contribution in [3.8, 4) is 0 Å². The highest BCUT2D eigenvalue weighted by Crippen LogP contribution is 2.24. The minimum absolute atomic E-state index is 0.830. The van der Waals surface area contributed by atoms with Crippen LogP contribution in [0.4, 0.5) is 0 Å². The van der Waals surface area contributed by atoms with Crippen molar-refractivity contribution in [2.75, 3.05) is 26.2 Å². The summed E-state index contributed by atoms with van der Waals surface area (Å²) in [6.07, 6.45) is 2.58. The van der Waals surface area contributed by atoms with Crippen LogP contribution >= 0.6 is 0 Å². The van der Waals surface area contributed by atoms with Crippen LogP contribution in [0.3, 0.4) is 0 Å². The Balaban J connectivity index is 1.62. The molecule has 0 bridgehead atoms. The summed E-state index contributed by atoms with van der Waals surface area (Å²) in [7, 11) is 0. The van der Waals surface area contributed by atoms with Crippen LogP contribution in [-0.2, 0) is 13.0 Å². The summed E-state index contributed by atoms with van der Waals surface area (Å²) in [5.74, 6) is 1.72. The van der Waals surface area contributed by atoms with E-state index in [0.29, 0.717) is 0 Å². The van der Waals surface area contributed by atoms with Crippen molar-refractivity contribution in [3.63, 3.8) is 0 Å². The lowest BCUT2D eigenvalue weighted by Crippen LogP contribution is -2.42. The van der Waals surface area contributed by atoms with Gasteiger partial charge in [0.1, 0.15) is 0 Å². The van der Waals surface area contributed by atoms with E-state index in [4.69, 9.17) is 0 Å². The molecular formula is C16H24N2. The molecule has 2 nitrogen and oxygen atoms in total. The van der Waals surface area contributed by atoms with Gasteiger partial charge in [-0.2, -0.15) is 0 Å². The fourth-order valence-corrected chi connectivity index (χ4v) is 3.38. The van der Waals surface area contributed by atoms with E-state index in [9.17, 15) is 0 Å². The second kappa shape index (κ2) is 5.41. The number of rotatable bonds is 2. The zero-order valence-corrected chi connectivity index (χ0v) is 11.4. The fourth-order valence-electron chi connectivity index (χ4n) is 3.38. The molecule has 0 amide bonds. The predicted molar refractivity (Wildman–Crippen MR) is 75.6 cm³/mol. The number of piperidine rings is 1. The summed E-state index contributed by atoms with van der Waals surface area (Å²) in [5, 5.41) is 3.50. The first-order valence-electron chi connectivity index (χ1n) is 7.33. The third-order valence-electron chi connectivity index (χ3n) is 4.67. The molecule has 1 saturated heterocycles. The van der Waals surface area contributed by atoms with Gasteiger partial charge >= 0.3 is 0 Å². The van der Waals surface area contributed by atoms with Gasteiger partial charge in [0.25, 0.3) is 0 Å². The molecule has 0 radical (unpaired) electrons. The van der Waals surface area contributed by atoms with Crippen molar-refractivity contribution in [1.29, 1.82) is 0 Å². The van der Waals surface area contributed by atoms with E-state index in [1.165, 1.54) is 39.0 Å². The van der Waals surface area contributed by atoms with E-state index in [2.05, 4.69) is 41.4 Å². The van der Waals surface area contributed by atoms with Crippen molar-refractivity contribution < 1.29 is 0 Å². The standard InChI is InChI=1S/C16H24N2/c1-13-10-17-8-6-15(13)11-18-9-7-14-4-2-3-5-16(14)12-18/h2-5,13,15,17H,6-12H2,1H3. The van der Waals surface area contributed by atoms with Gasteiger partial charge in [-0.15, -0.1) is 0 Å². The summed E-state index contributed by atoms with van der Waals surface area (Å²) in [6.45, 7) is 8.50. The van der Waals surface area contributed by atoms with Gasteiger partial charge < -0.3 is 5.32 Å². The van der Waals surface area contributed by atoms with Crippen LogP contribution in [0.25, 0.3) is 0 Å². The van der Waals surface area contributed by atoms with Crippen LogP contribution in [0.15, 0.2) is 24.3 Å². The van der Waals surface area contributed by atoms with Crippen LogP contribution in [-0.4, -0.2) is 31.1 Å². The Kier molecular flexibility index (Phi) is 3.67. The molecule has 1 N–H and O–H groups in total. The number of hydrogen-bond acceptors (Lipinski definition) is 2. The van der Waals surface area contributed by atoms with Crippen LogP contribution in [0.5, 0.6) is 0 Å². The Bertz CT molecular complexity index is 402. The molecule has 0 saturated carbocycles. The van der Waals surface area contributed by atoms with Crippen LogP contribution in [0.1, 0.15) is 24.5 Å². The predicted octanol–water partition coefficient (Wildman–Crippen LogP) is 2.29. The molecule has 0 spiro atoms. The van der Waals surface area contributed by atoms with Gasteiger partial charge in [0.15, 0.2) is 0 Å². The molecular weight excluding hydrogens is 220 g/mol. The molecule has 0 aromatic heterocycles. The molecule has 2 atom stereocenters. The maximum atomic E-state index is 3.50. The van der Waals surface area contributed by atoms with E-state index in [1.54, 1.807) is 11.1 Å². The quantitative estimate of drug-likeness (QED) is 0.858. The van der Waals surface area contributed by atoms with Crippen LogP contribution < -0.4 is 5.32 Å². The van der Waals surface area contributed by atoms with E-state index in [1.807, 2.05) is 0 Å². The molecule has 1 fully saturated rings. The van der Waals surface area contributed by atoms with Crippen LogP contribution in [0.2, 0.25) is 0 Å². The Morgan fingerprint density at radius 3 is 2.94 bits per heavy atom. The monoisotopic (exact) mass is 244 g/mol. The minimum atomic E-state index is 0.830. The van der Waals surface area contributed by atoms with E-state index < -0.39 is 0 Å². The second-order valence-corrected chi connectivity index (χ2v) is 5.98. The molecule has 98 valence electrons. The molecule has 2 unspecified atom stereocenters. The lowest BCUT2D eigenvalue weighted by Gasteiger charge is -2.36. The normalized spacial score (nSPS) is 28.9. The van der Waals surface area contributed by atoms with E-state index in [0.717, 1.165) is 18.4 Å². The first-order valence-corrected chi connectivity index (χ1v) is 7.33. The number of hydrogen-bond donors (Lipinski definition) is 1. The Morgan fingerprint density at radius 1 is 1.28 bits per heavy atom. The van der Waals surface area contributed by atoms with Crippen molar-refractivity contribution in [1.82, 2.24) is 10.2 Å². The summed E-state index contributed by atoms with van der Waals surface area (Å²) in [4.78, 5) is 2.66. The lowest BCUT2D eigenvalue weighted by molar-refractivity contribution is 0.157. The number of fused-ring (bicyclic) bond motifs is 1. The molecule has 1 aromatic rings. The van der Waals surface area contributed by atoms with Crippen LogP contribution in [0, 0.1) is 11.8 Å². The second-order valence-electron chi connectivity index (χ2n) is 5.98. The maximum Gasteiger partial charge on any atom is 0.0236 e. The lowest BCUT2D eigenvalue weighted by atomic mass is 9.87. The summed E-state index contributed by atoms with van der Waals surface area (Å²) < 4.78 is 0. The highest BCUT2D eigenvalue weighted by molar-refractivity contribution is 5.29. The molecule has 3 rings (SSSR count). The third-order valence-corrected chi connectivity index (χ3v) is 4.67. The molecule has 2 heteroatoms. The molecule has 2 aliphatic rings. The van der Waals surface area contributed by atoms with Crippen molar-refractivity contribution >= 4 is 0 Å². The largest absolute Gasteiger partial charge is 0.316 e. The average molecular weight is 244 g/mol. The zero-order valence-electron chi connectivity index (χ0n) is 11.4. The average Bonchev–Trinajstić information content (AvgIpc) is 2.41. The number of nitrogens with zero attached hydrogens (tertiary/aromatic N) is 1. The fraction of sp³-hybridized carbons (Fsp3) is 0.625. The van der Waals surface area contributed by atoms with Gasteiger partial charge in [-0.3, -0.25) is 4.90 Å². The molecule has 1 aromatic carbocycles. The Morgan fingerprint density at radius 2 is 2.11 bits per heavy atom. The Labute approximate surface area is 110 Å². The highest BCUT2D eigenvalue weighted by atomic mass is 15.1. The van der Waals surface area contributed by atoms with E-state index >= 15 is 0 Å². The highest BCUT2D eigenvalue weighted by Gasteiger charge is 2.25. The zero-order chi connectivity index (χ0) is 12.4. The molecule has 2 aliphatic heterocycles. The minimum Gasteiger partial charge on any atom is -0.316 e. The van der Waals surface area contributed by atoms with Gasteiger partial charge in [-0.05, 0) is 48.9 Å². The summed E-state index contributed by atoms with van der Waals surface area (Å²) in [5.41, 5.74) is 3.11. The third kappa shape index (κ3) is 2.60. The van der Waals surface area contributed by atoms with Crippen molar-refractivity contribution in [2.24, 2.45) is 11.8 Å². The van der Waals surface area contributed by atoms with E-state index in [-0.39, 0.29) is 0 Å². The SMILES string of the molecule is CC1CNCCC1CN1CCc2ccccc2C1. The summed E-state index contributed by atoms with van der Waals surface area (Å²) >= 11 is 0. The maximum absolute atomic E-state index is 3.50. The Hall–Kier alpha value is -0.860. The van der Waals surface area contributed by atoms with Gasteiger partial charge in [0.2, 0.25) is 0 Å². The van der Waals surface area contributed by atoms with Gasteiger partial charge in [0.05, 0.1) is 0 Å². The first-order chi connectivity index (χ1) is 8.83. The smallest absolute Gasteiger partial charge is 0.0236 e. The summed E-state index contributed by atoms with van der Waals surface area (Å²) in [6, 6.07) is 8.94. The number of benzene rings is 1. The number of nitrogens with one attached hydrogen (secondary N) is 1. The van der Waals surface area contributed by atoms with Crippen molar-refractivity contribution in [3.05, 3.63) is 35.4 Å². The van der Waals surface area contributed by atoms with Gasteiger partial charge in [0, 0.05) is 19.6 Å². The van der Waals surface area contributed by atoms with Crippen molar-refractivity contribution in [2.45, 2.75) is 26.3 Å². The van der Waals surface area contributed by atoms with Gasteiger partial charge in [-0.1, -0.05) is 31.2 Å².